The molecule has 1 aromatic carbocycles. The highest BCUT2D eigenvalue weighted by Gasteiger charge is 2.35. The number of nitrogens with zero attached hydrogens (tertiary/aromatic N) is 2. The number of amides is 1. The first-order valence-electron chi connectivity index (χ1n) is 7.88. The number of benzene rings is 1. The summed E-state index contributed by atoms with van der Waals surface area (Å²) in [5.74, 6) is 0.309. The maximum atomic E-state index is 12.8. The molecule has 0 atom stereocenters. The van der Waals surface area contributed by atoms with Crippen LogP contribution in [0.3, 0.4) is 0 Å². The zero-order valence-corrected chi connectivity index (χ0v) is 15.5. The Labute approximate surface area is 146 Å². The van der Waals surface area contributed by atoms with Gasteiger partial charge in [-0.2, -0.15) is 5.10 Å². The van der Waals surface area contributed by atoms with Crippen LogP contribution in [0.15, 0.2) is 24.3 Å². The lowest BCUT2D eigenvalue weighted by molar-refractivity contribution is 0.102. The highest BCUT2D eigenvalue weighted by atomic mass is 32.2. The van der Waals surface area contributed by atoms with E-state index >= 15 is 0 Å². The molecule has 0 fully saturated rings. The maximum absolute atomic E-state index is 12.8. The first-order chi connectivity index (χ1) is 11.6. The molecular formula is C17H21N3O4S. The quantitative estimate of drug-likeness (QED) is 0.904. The molecule has 1 amide bonds. The summed E-state index contributed by atoms with van der Waals surface area (Å²) in [5, 5.41) is 7.28. The summed E-state index contributed by atoms with van der Waals surface area (Å²) in [4.78, 5) is 12.8. The van der Waals surface area contributed by atoms with Crippen LogP contribution in [0, 0.1) is 0 Å². The number of para-hydroxylation sites is 1. The zero-order valence-electron chi connectivity index (χ0n) is 14.7. The van der Waals surface area contributed by atoms with Crippen LogP contribution >= 0.6 is 0 Å². The molecule has 0 aliphatic carbocycles. The second-order valence-electron chi connectivity index (χ2n) is 7.04. The van der Waals surface area contributed by atoms with Crippen LogP contribution < -0.4 is 10.1 Å². The van der Waals surface area contributed by atoms with Crippen molar-refractivity contribution >= 4 is 21.6 Å². The van der Waals surface area contributed by atoms with Crippen LogP contribution in [0.1, 0.15) is 42.4 Å². The van der Waals surface area contributed by atoms with Crippen LogP contribution in [0.5, 0.6) is 5.75 Å². The average Bonchev–Trinajstić information content (AvgIpc) is 3.00. The number of aromatic nitrogens is 2. The Morgan fingerprint density at radius 3 is 2.56 bits per heavy atom. The molecule has 0 unspecified atom stereocenters. The third-order valence-corrected chi connectivity index (χ3v) is 5.45. The molecule has 2 heterocycles. The fourth-order valence-corrected chi connectivity index (χ4v) is 4.36. The molecule has 1 N–H and O–H groups in total. The van der Waals surface area contributed by atoms with Gasteiger partial charge in [0.15, 0.2) is 9.84 Å². The van der Waals surface area contributed by atoms with Crippen molar-refractivity contribution in [2.75, 3.05) is 12.4 Å². The molecule has 0 spiro atoms. The molecule has 1 aromatic heterocycles. The van der Waals surface area contributed by atoms with Gasteiger partial charge in [-0.05, 0) is 32.9 Å². The minimum Gasteiger partial charge on any atom is -0.496 e. The van der Waals surface area contributed by atoms with Gasteiger partial charge >= 0.3 is 0 Å². The molecule has 25 heavy (non-hydrogen) atoms. The number of nitrogens with one attached hydrogen (secondary N) is 1. The van der Waals surface area contributed by atoms with Gasteiger partial charge in [-0.1, -0.05) is 12.1 Å². The highest BCUT2D eigenvalue weighted by molar-refractivity contribution is 7.90. The molecule has 0 saturated heterocycles. The monoisotopic (exact) mass is 363 g/mol. The summed E-state index contributed by atoms with van der Waals surface area (Å²) in [6.07, 6.45) is 0. The molecule has 1 aliphatic rings. The molecular weight excluding hydrogens is 342 g/mol. The van der Waals surface area contributed by atoms with Crippen LogP contribution in [-0.4, -0.2) is 31.2 Å². The fourth-order valence-electron chi connectivity index (χ4n) is 2.86. The van der Waals surface area contributed by atoms with Crippen molar-refractivity contribution in [1.82, 2.24) is 9.78 Å². The Morgan fingerprint density at radius 1 is 1.24 bits per heavy atom. The molecule has 8 heteroatoms. The SMILES string of the molecule is COc1ccccc1C(=O)Nc1c2c(nn1C(C)(C)C)CS(=O)(=O)C2. The van der Waals surface area contributed by atoms with Crippen LogP contribution in [0.2, 0.25) is 0 Å². The van der Waals surface area contributed by atoms with Gasteiger partial charge in [-0.15, -0.1) is 0 Å². The standard InChI is InChI=1S/C17H21N3O4S/c1-17(2,3)20-15(12-9-25(22,23)10-13(12)19-20)18-16(21)11-7-5-6-8-14(11)24-4/h5-8H,9-10H2,1-4H3,(H,18,21). The minimum atomic E-state index is -3.21. The zero-order chi connectivity index (χ0) is 18.4. The van der Waals surface area contributed by atoms with Crippen LogP contribution in [-0.2, 0) is 26.9 Å². The summed E-state index contributed by atoms with van der Waals surface area (Å²) in [5.41, 5.74) is 1.04. The van der Waals surface area contributed by atoms with Gasteiger partial charge in [-0.25, -0.2) is 13.1 Å². The van der Waals surface area contributed by atoms with Gasteiger partial charge in [0.25, 0.3) is 5.91 Å². The van der Waals surface area contributed by atoms with E-state index in [4.69, 9.17) is 4.74 Å². The van der Waals surface area contributed by atoms with Crippen LogP contribution in [0.4, 0.5) is 5.82 Å². The summed E-state index contributed by atoms with van der Waals surface area (Å²) in [7, 11) is -1.72. The number of carbonyl (C=O) groups is 1. The third kappa shape index (κ3) is 3.26. The van der Waals surface area contributed by atoms with Gasteiger partial charge in [0.05, 0.1) is 35.4 Å². The predicted molar refractivity (Wildman–Crippen MR) is 94.5 cm³/mol. The number of carbonyl (C=O) groups excluding carboxylic acids is 1. The second kappa shape index (κ2) is 5.87. The lowest BCUT2D eigenvalue weighted by Gasteiger charge is -2.23. The Hall–Kier alpha value is -2.35. The minimum absolute atomic E-state index is 0.0943. The number of sulfone groups is 1. The van der Waals surface area contributed by atoms with Crippen molar-refractivity contribution < 1.29 is 17.9 Å². The Bertz CT molecular complexity index is 939. The van der Waals surface area contributed by atoms with E-state index in [9.17, 15) is 13.2 Å². The van der Waals surface area contributed by atoms with Crippen molar-refractivity contribution in [3.63, 3.8) is 0 Å². The predicted octanol–water partition coefficient (Wildman–Crippen LogP) is 2.33. The van der Waals surface area contributed by atoms with Crippen LogP contribution in [0.25, 0.3) is 0 Å². The average molecular weight is 363 g/mol. The number of hydrogen-bond donors (Lipinski definition) is 1. The van der Waals surface area contributed by atoms with Gasteiger partial charge in [-0.3, -0.25) is 4.79 Å². The smallest absolute Gasteiger partial charge is 0.260 e. The third-order valence-electron chi connectivity index (χ3n) is 4.01. The fraction of sp³-hybridized carbons (Fsp3) is 0.412. The molecule has 0 saturated carbocycles. The molecule has 134 valence electrons. The number of rotatable bonds is 3. The van der Waals surface area contributed by atoms with E-state index in [0.717, 1.165) is 0 Å². The summed E-state index contributed by atoms with van der Waals surface area (Å²) >= 11 is 0. The highest BCUT2D eigenvalue weighted by Crippen LogP contribution is 2.34. The van der Waals surface area contributed by atoms with Gasteiger partial charge in [0.1, 0.15) is 11.6 Å². The molecule has 2 aromatic rings. The van der Waals surface area contributed by atoms with E-state index in [1.54, 1.807) is 28.9 Å². The van der Waals surface area contributed by atoms with Crippen molar-refractivity contribution in [3.05, 3.63) is 41.1 Å². The van der Waals surface area contributed by atoms with E-state index in [1.807, 2.05) is 20.8 Å². The molecule has 1 aliphatic heterocycles. The van der Waals surface area contributed by atoms with Gasteiger partial charge in [0, 0.05) is 5.56 Å². The first-order valence-corrected chi connectivity index (χ1v) is 9.70. The summed E-state index contributed by atoms with van der Waals surface area (Å²) in [6.45, 7) is 5.84. The topological polar surface area (TPSA) is 90.3 Å². The summed E-state index contributed by atoms with van der Waals surface area (Å²) in [6, 6.07) is 6.88. The Morgan fingerprint density at radius 2 is 1.92 bits per heavy atom. The Balaban J connectivity index is 2.04. The number of hydrogen-bond acceptors (Lipinski definition) is 5. The number of anilines is 1. The van der Waals surface area contributed by atoms with Crippen molar-refractivity contribution in [3.8, 4) is 5.75 Å². The summed E-state index contributed by atoms with van der Waals surface area (Å²) < 4.78 is 30.8. The maximum Gasteiger partial charge on any atom is 0.260 e. The number of methoxy groups -OCH3 is 1. The number of fused-ring (bicyclic) bond motifs is 1. The molecule has 0 bridgehead atoms. The van der Waals surface area contributed by atoms with E-state index in [0.29, 0.717) is 28.4 Å². The molecule has 0 radical (unpaired) electrons. The normalized spacial score (nSPS) is 15.7. The van der Waals surface area contributed by atoms with E-state index < -0.39 is 15.4 Å². The van der Waals surface area contributed by atoms with Gasteiger partial charge < -0.3 is 10.1 Å². The van der Waals surface area contributed by atoms with E-state index in [2.05, 4.69) is 10.4 Å². The van der Waals surface area contributed by atoms with Gasteiger partial charge in [0.2, 0.25) is 0 Å². The molecule has 7 nitrogen and oxygen atoms in total. The van der Waals surface area contributed by atoms with Crippen molar-refractivity contribution in [2.24, 2.45) is 0 Å². The lowest BCUT2D eigenvalue weighted by atomic mass is 10.1. The lowest BCUT2D eigenvalue weighted by Crippen LogP contribution is -2.28. The van der Waals surface area contributed by atoms with Crippen molar-refractivity contribution in [1.29, 1.82) is 0 Å². The van der Waals surface area contributed by atoms with Crippen molar-refractivity contribution in [2.45, 2.75) is 37.8 Å². The second-order valence-corrected chi connectivity index (χ2v) is 9.11. The largest absolute Gasteiger partial charge is 0.496 e. The Kier molecular flexibility index (Phi) is 4.10. The first kappa shape index (κ1) is 17.5. The van der Waals surface area contributed by atoms with E-state index in [1.165, 1.54) is 7.11 Å². The molecule has 3 rings (SSSR count). The number of ether oxygens (including phenoxy) is 1. The van der Waals surface area contributed by atoms with E-state index in [-0.39, 0.29) is 17.4 Å².